The molecule has 0 spiro atoms. The number of carbonyl (C=O) groups excluding carboxylic acids is 1. The van der Waals surface area contributed by atoms with Crippen LogP contribution in [0.2, 0.25) is 0 Å². The fourth-order valence-electron chi connectivity index (χ4n) is 3.10. The summed E-state index contributed by atoms with van der Waals surface area (Å²) in [6.07, 6.45) is 2.51. The second kappa shape index (κ2) is 10.7. The van der Waals surface area contributed by atoms with Crippen LogP contribution in [-0.2, 0) is 17.7 Å². The van der Waals surface area contributed by atoms with E-state index < -0.39 is 5.82 Å². The van der Waals surface area contributed by atoms with E-state index in [1.54, 1.807) is 42.6 Å². The zero-order valence-electron chi connectivity index (χ0n) is 18.0. The molecule has 31 heavy (non-hydrogen) atoms. The molecular formula is C25H27FN2O3. The highest BCUT2D eigenvalue weighted by atomic mass is 19.1. The first-order valence-electron chi connectivity index (χ1n) is 10.3. The molecule has 0 aliphatic carbocycles. The van der Waals surface area contributed by atoms with Crippen molar-refractivity contribution in [3.05, 3.63) is 89.5 Å². The van der Waals surface area contributed by atoms with Crippen LogP contribution in [0.15, 0.2) is 66.9 Å². The van der Waals surface area contributed by atoms with Gasteiger partial charge in [0.2, 0.25) is 0 Å². The molecule has 3 aromatic rings. The first kappa shape index (κ1) is 22.4. The molecule has 1 N–H and O–H groups in total. The van der Waals surface area contributed by atoms with Crippen molar-refractivity contribution in [2.45, 2.75) is 45.9 Å². The highest BCUT2D eigenvalue weighted by molar-refractivity contribution is 5.93. The van der Waals surface area contributed by atoms with Gasteiger partial charge < -0.3 is 14.8 Å². The van der Waals surface area contributed by atoms with Crippen LogP contribution in [0.4, 0.5) is 4.39 Å². The molecule has 2 aromatic carbocycles. The SMILES string of the molecule is CC(C)OC(C)Cc1ccc(C(=O)NCc2ccc(Oc3ccccc3F)cc2)cn1. The van der Waals surface area contributed by atoms with Gasteiger partial charge in [0.05, 0.1) is 17.8 Å². The molecule has 1 unspecified atom stereocenters. The zero-order valence-corrected chi connectivity index (χ0v) is 18.0. The molecule has 6 heteroatoms. The summed E-state index contributed by atoms with van der Waals surface area (Å²) in [5.41, 5.74) is 2.29. The van der Waals surface area contributed by atoms with Gasteiger partial charge in [-0.25, -0.2) is 4.39 Å². The van der Waals surface area contributed by atoms with Gasteiger partial charge in [-0.15, -0.1) is 0 Å². The predicted octanol–water partition coefficient (Wildman–Crippen LogP) is 5.30. The Balaban J connectivity index is 1.50. The topological polar surface area (TPSA) is 60.5 Å². The van der Waals surface area contributed by atoms with Gasteiger partial charge in [0.25, 0.3) is 5.91 Å². The maximum absolute atomic E-state index is 13.7. The van der Waals surface area contributed by atoms with Gasteiger partial charge in [-0.05, 0) is 62.7 Å². The normalized spacial score (nSPS) is 11.9. The number of nitrogens with zero attached hydrogens (tertiary/aromatic N) is 1. The van der Waals surface area contributed by atoms with Gasteiger partial charge in [0.15, 0.2) is 11.6 Å². The summed E-state index contributed by atoms with van der Waals surface area (Å²) in [5.74, 6) is 0.0814. The molecule has 3 rings (SSSR count). The largest absolute Gasteiger partial charge is 0.454 e. The van der Waals surface area contributed by atoms with Crippen molar-refractivity contribution in [3.63, 3.8) is 0 Å². The molecule has 0 aliphatic heterocycles. The lowest BCUT2D eigenvalue weighted by Gasteiger charge is -2.15. The van der Waals surface area contributed by atoms with Gasteiger partial charge >= 0.3 is 0 Å². The van der Waals surface area contributed by atoms with E-state index >= 15 is 0 Å². The Bertz CT molecular complexity index is 988. The number of amides is 1. The second-order valence-electron chi connectivity index (χ2n) is 7.60. The number of halogens is 1. The number of aromatic nitrogens is 1. The quantitative estimate of drug-likeness (QED) is 0.508. The lowest BCUT2D eigenvalue weighted by molar-refractivity contribution is 0.0190. The van der Waals surface area contributed by atoms with Gasteiger partial charge in [-0.3, -0.25) is 9.78 Å². The molecule has 1 aromatic heterocycles. The van der Waals surface area contributed by atoms with E-state index in [2.05, 4.69) is 10.3 Å². The Kier molecular flexibility index (Phi) is 7.73. The Morgan fingerprint density at radius 2 is 1.77 bits per heavy atom. The maximum atomic E-state index is 13.7. The minimum absolute atomic E-state index is 0.0671. The van der Waals surface area contributed by atoms with Crippen LogP contribution >= 0.6 is 0 Å². The average molecular weight is 423 g/mol. The van der Waals surface area contributed by atoms with E-state index in [1.807, 2.05) is 39.0 Å². The lowest BCUT2D eigenvalue weighted by atomic mass is 10.1. The van der Waals surface area contributed by atoms with Crippen LogP contribution in [0.25, 0.3) is 0 Å². The molecule has 1 atom stereocenters. The van der Waals surface area contributed by atoms with Crippen molar-refractivity contribution in [1.82, 2.24) is 10.3 Å². The fraction of sp³-hybridized carbons (Fsp3) is 0.280. The van der Waals surface area contributed by atoms with Gasteiger partial charge in [-0.2, -0.15) is 0 Å². The van der Waals surface area contributed by atoms with E-state index in [4.69, 9.17) is 9.47 Å². The monoisotopic (exact) mass is 422 g/mol. The molecular weight excluding hydrogens is 395 g/mol. The van der Waals surface area contributed by atoms with E-state index in [1.165, 1.54) is 6.07 Å². The summed E-state index contributed by atoms with van der Waals surface area (Å²) in [6, 6.07) is 17.0. The number of pyridine rings is 1. The molecule has 5 nitrogen and oxygen atoms in total. The number of carbonyl (C=O) groups is 1. The number of hydrogen-bond acceptors (Lipinski definition) is 4. The number of rotatable bonds is 9. The summed E-state index contributed by atoms with van der Waals surface area (Å²) in [4.78, 5) is 16.8. The van der Waals surface area contributed by atoms with Crippen molar-refractivity contribution in [3.8, 4) is 11.5 Å². The molecule has 1 amide bonds. The fourth-order valence-corrected chi connectivity index (χ4v) is 3.10. The van der Waals surface area contributed by atoms with Crippen molar-refractivity contribution in [1.29, 1.82) is 0 Å². The molecule has 0 radical (unpaired) electrons. The molecule has 0 fully saturated rings. The highest BCUT2D eigenvalue weighted by Crippen LogP contribution is 2.24. The van der Waals surface area contributed by atoms with Crippen LogP contribution in [0.5, 0.6) is 11.5 Å². The summed E-state index contributed by atoms with van der Waals surface area (Å²) in [7, 11) is 0. The van der Waals surface area contributed by atoms with Crippen molar-refractivity contribution >= 4 is 5.91 Å². The first-order chi connectivity index (χ1) is 14.9. The number of para-hydroxylation sites is 1. The molecule has 0 saturated carbocycles. The maximum Gasteiger partial charge on any atom is 0.253 e. The molecule has 0 aliphatic rings. The highest BCUT2D eigenvalue weighted by Gasteiger charge is 2.10. The molecule has 0 bridgehead atoms. The van der Waals surface area contributed by atoms with Crippen molar-refractivity contribution in [2.75, 3.05) is 0 Å². The van der Waals surface area contributed by atoms with E-state index in [-0.39, 0.29) is 23.9 Å². The molecule has 162 valence electrons. The second-order valence-corrected chi connectivity index (χ2v) is 7.60. The summed E-state index contributed by atoms with van der Waals surface area (Å²) >= 11 is 0. The standard InChI is InChI=1S/C25H27FN2O3/c1-17(2)30-18(3)14-21-11-10-20(16-27-21)25(29)28-15-19-8-12-22(13-9-19)31-24-7-5-4-6-23(24)26/h4-13,16-18H,14-15H2,1-3H3,(H,28,29). The van der Waals surface area contributed by atoms with Crippen LogP contribution < -0.4 is 10.1 Å². The third-order valence-corrected chi connectivity index (χ3v) is 4.53. The third-order valence-electron chi connectivity index (χ3n) is 4.53. The Morgan fingerprint density at radius 1 is 1.03 bits per heavy atom. The van der Waals surface area contributed by atoms with Crippen LogP contribution in [0.1, 0.15) is 42.4 Å². The Morgan fingerprint density at radius 3 is 2.42 bits per heavy atom. The Labute approximate surface area is 182 Å². The minimum Gasteiger partial charge on any atom is -0.454 e. The first-order valence-corrected chi connectivity index (χ1v) is 10.3. The Hall–Kier alpha value is -3.25. The van der Waals surface area contributed by atoms with Gasteiger partial charge in [0, 0.05) is 24.9 Å². The van der Waals surface area contributed by atoms with E-state index in [9.17, 15) is 9.18 Å². The summed E-state index contributed by atoms with van der Waals surface area (Å²) in [6.45, 7) is 6.37. The van der Waals surface area contributed by atoms with Crippen LogP contribution in [-0.4, -0.2) is 23.1 Å². The average Bonchev–Trinajstić information content (AvgIpc) is 2.74. The summed E-state index contributed by atoms with van der Waals surface area (Å²) in [5, 5.41) is 2.88. The molecule has 0 saturated heterocycles. The van der Waals surface area contributed by atoms with Crippen molar-refractivity contribution in [2.24, 2.45) is 0 Å². The molecule has 1 heterocycles. The van der Waals surface area contributed by atoms with Crippen molar-refractivity contribution < 1.29 is 18.7 Å². The van der Waals surface area contributed by atoms with Gasteiger partial charge in [-0.1, -0.05) is 24.3 Å². The van der Waals surface area contributed by atoms with E-state index in [0.717, 1.165) is 11.3 Å². The smallest absolute Gasteiger partial charge is 0.253 e. The number of nitrogens with one attached hydrogen (secondary N) is 1. The lowest BCUT2D eigenvalue weighted by Crippen LogP contribution is -2.23. The number of ether oxygens (including phenoxy) is 2. The number of benzene rings is 2. The van der Waals surface area contributed by atoms with Crippen LogP contribution in [0, 0.1) is 5.82 Å². The number of hydrogen-bond donors (Lipinski definition) is 1. The predicted molar refractivity (Wildman–Crippen MR) is 118 cm³/mol. The van der Waals surface area contributed by atoms with Crippen LogP contribution in [0.3, 0.4) is 0 Å². The minimum atomic E-state index is -0.416. The third kappa shape index (κ3) is 6.89. The van der Waals surface area contributed by atoms with E-state index in [0.29, 0.717) is 24.3 Å². The summed E-state index contributed by atoms with van der Waals surface area (Å²) < 4.78 is 24.9. The zero-order chi connectivity index (χ0) is 22.2. The van der Waals surface area contributed by atoms with Gasteiger partial charge in [0.1, 0.15) is 5.75 Å².